The lowest BCUT2D eigenvalue weighted by molar-refractivity contribution is 0.174. The number of aryl methyl sites for hydroxylation is 2. The molecule has 0 saturated carbocycles. The molecule has 5 heteroatoms. The second-order valence-corrected chi connectivity index (χ2v) is 11.2. The summed E-state index contributed by atoms with van der Waals surface area (Å²) >= 11 is 0. The number of nitrogens with one attached hydrogen (secondary N) is 1. The molecule has 2 heterocycles. The molecule has 1 aliphatic carbocycles. The van der Waals surface area contributed by atoms with Gasteiger partial charge < -0.3 is 19.9 Å². The van der Waals surface area contributed by atoms with Crippen molar-refractivity contribution in [3.05, 3.63) is 82.4 Å². The van der Waals surface area contributed by atoms with Crippen LogP contribution >= 0.6 is 0 Å². The van der Waals surface area contributed by atoms with Crippen molar-refractivity contribution in [2.45, 2.75) is 70.3 Å². The average Bonchev–Trinajstić information content (AvgIpc) is 3.25. The zero-order chi connectivity index (χ0) is 25.7. The van der Waals surface area contributed by atoms with Crippen molar-refractivity contribution in [1.82, 2.24) is 4.90 Å². The number of likely N-dealkylation sites (tertiary alicyclic amines) is 1. The third kappa shape index (κ3) is 5.94. The van der Waals surface area contributed by atoms with Gasteiger partial charge in [-0.05, 0) is 110 Å². The van der Waals surface area contributed by atoms with E-state index in [1.165, 1.54) is 66.6 Å². The lowest BCUT2D eigenvalue weighted by atomic mass is 9.79. The topological polar surface area (TPSA) is 54.0 Å². The van der Waals surface area contributed by atoms with Gasteiger partial charge in [0.15, 0.2) is 11.5 Å². The van der Waals surface area contributed by atoms with Crippen LogP contribution in [0.4, 0.5) is 5.69 Å². The van der Waals surface area contributed by atoms with Gasteiger partial charge in [0.1, 0.15) is 5.75 Å². The molecule has 0 spiro atoms. The zero-order valence-corrected chi connectivity index (χ0v) is 22.4. The van der Waals surface area contributed by atoms with Gasteiger partial charge in [-0.15, -0.1) is 0 Å². The first-order chi connectivity index (χ1) is 18.7. The predicted octanol–water partition coefficient (Wildman–Crippen LogP) is 6.81. The molecular formula is C33H40N2O3. The molecule has 2 N–H and O–H groups in total. The number of aromatic hydroxyl groups is 1. The normalized spacial score (nSPS) is 19.1. The predicted molar refractivity (Wildman–Crippen MR) is 152 cm³/mol. The monoisotopic (exact) mass is 512 g/mol. The summed E-state index contributed by atoms with van der Waals surface area (Å²) in [6.07, 6.45) is 10.6. The molecule has 5 nitrogen and oxygen atoms in total. The Bertz CT molecular complexity index is 1230. The highest BCUT2D eigenvalue weighted by atomic mass is 16.7. The van der Waals surface area contributed by atoms with Crippen LogP contribution in [-0.2, 0) is 25.8 Å². The summed E-state index contributed by atoms with van der Waals surface area (Å²) in [5.41, 5.74) is 7.92. The van der Waals surface area contributed by atoms with Gasteiger partial charge in [-0.2, -0.15) is 0 Å². The third-order valence-electron chi connectivity index (χ3n) is 8.49. The van der Waals surface area contributed by atoms with Crippen molar-refractivity contribution in [2.75, 3.05) is 31.7 Å². The fourth-order valence-corrected chi connectivity index (χ4v) is 6.33. The summed E-state index contributed by atoms with van der Waals surface area (Å²) in [5, 5.41) is 13.6. The fourth-order valence-electron chi connectivity index (χ4n) is 6.33. The van der Waals surface area contributed by atoms with E-state index in [1.54, 1.807) is 0 Å². The van der Waals surface area contributed by atoms with Gasteiger partial charge in [0.2, 0.25) is 6.79 Å². The number of phenols is 1. The van der Waals surface area contributed by atoms with E-state index in [-0.39, 0.29) is 0 Å². The number of phenolic OH excluding ortho intramolecular Hbond substituents is 1. The molecule has 2 aliphatic heterocycles. The molecule has 0 aromatic heterocycles. The standard InChI is InChI=1S/C33H40N2O3/c36-29-14-13-26-18-28(12-11-27(26)19-29)30-20-32-33(38-23-37-32)21-31(30)34-15-5-6-24-7-9-25(10-8-24)22-35-16-3-1-2-4-17-35/h7-10,13-14,19-21,28,34,36H,1-6,11-12,15-18,22-23H2. The van der Waals surface area contributed by atoms with E-state index in [4.69, 9.17) is 9.47 Å². The second kappa shape index (κ2) is 11.7. The molecule has 3 aromatic carbocycles. The van der Waals surface area contributed by atoms with Gasteiger partial charge >= 0.3 is 0 Å². The highest BCUT2D eigenvalue weighted by molar-refractivity contribution is 5.63. The molecule has 1 fully saturated rings. The second-order valence-electron chi connectivity index (χ2n) is 11.2. The van der Waals surface area contributed by atoms with Gasteiger partial charge in [0.25, 0.3) is 0 Å². The molecule has 1 saturated heterocycles. The SMILES string of the molecule is Oc1ccc2c(c1)CCC(c1cc3c(cc1NCCCc1ccc(CN4CCCCCC4)cc1)OCO3)C2. The van der Waals surface area contributed by atoms with Crippen molar-refractivity contribution >= 4 is 5.69 Å². The van der Waals surface area contributed by atoms with Crippen LogP contribution in [0.3, 0.4) is 0 Å². The molecule has 6 rings (SSSR count). The van der Waals surface area contributed by atoms with E-state index < -0.39 is 0 Å². The number of fused-ring (bicyclic) bond motifs is 2. The Morgan fingerprint density at radius 1 is 0.842 bits per heavy atom. The largest absolute Gasteiger partial charge is 0.508 e. The minimum atomic E-state index is 0.290. The van der Waals surface area contributed by atoms with Gasteiger partial charge in [0, 0.05) is 24.8 Å². The molecule has 0 radical (unpaired) electrons. The van der Waals surface area contributed by atoms with Gasteiger partial charge in [-0.1, -0.05) is 43.2 Å². The average molecular weight is 513 g/mol. The molecule has 3 aromatic rings. The Labute approximate surface area is 226 Å². The lowest BCUT2D eigenvalue weighted by Gasteiger charge is -2.27. The summed E-state index contributed by atoms with van der Waals surface area (Å²) in [4.78, 5) is 2.61. The van der Waals surface area contributed by atoms with Crippen LogP contribution in [0.2, 0.25) is 0 Å². The maximum absolute atomic E-state index is 9.87. The fraction of sp³-hybridized carbons (Fsp3) is 0.455. The van der Waals surface area contributed by atoms with Gasteiger partial charge in [-0.25, -0.2) is 0 Å². The number of anilines is 1. The van der Waals surface area contributed by atoms with E-state index in [0.717, 1.165) is 62.4 Å². The Balaban J connectivity index is 1.06. The van der Waals surface area contributed by atoms with E-state index in [9.17, 15) is 5.11 Å². The van der Waals surface area contributed by atoms with E-state index in [0.29, 0.717) is 18.5 Å². The van der Waals surface area contributed by atoms with Crippen LogP contribution in [0, 0.1) is 0 Å². The van der Waals surface area contributed by atoms with Crippen molar-refractivity contribution in [3.8, 4) is 17.2 Å². The summed E-state index contributed by atoms with van der Waals surface area (Å²) in [5.74, 6) is 2.46. The van der Waals surface area contributed by atoms with Crippen LogP contribution in [0.15, 0.2) is 54.6 Å². The van der Waals surface area contributed by atoms with E-state index >= 15 is 0 Å². The van der Waals surface area contributed by atoms with Gasteiger partial charge in [0.05, 0.1) is 0 Å². The smallest absolute Gasteiger partial charge is 0.231 e. The van der Waals surface area contributed by atoms with Crippen LogP contribution < -0.4 is 14.8 Å². The first-order valence-electron chi connectivity index (χ1n) is 14.5. The first kappa shape index (κ1) is 25.1. The van der Waals surface area contributed by atoms with Crippen LogP contribution in [0.1, 0.15) is 72.3 Å². The third-order valence-corrected chi connectivity index (χ3v) is 8.49. The van der Waals surface area contributed by atoms with E-state index in [2.05, 4.69) is 52.7 Å². The number of benzene rings is 3. The maximum atomic E-state index is 9.87. The Morgan fingerprint density at radius 2 is 1.61 bits per heavy atom. The van der Waals surface area contributed by atoms with Crippen LogP contribution in [0.5, 0.6) is 17.2 Å². The Morgan fingerprint density at radius 3 is 2.42 bits per heavy atom. The molecule has 1 unspecified atom stereocenters. The van der Waals surface area contributed by atoms with Crippen molar-refractivity contribution in [2.24, 2.45) is 0 Å². The summed E-state index contributed by atoms with van der Waals surface area (Å²) in [7, 11) is 0. The molecule has 1 atom stereocenters. The summed E-state index contributed by atoms with van der Waals surface area (Å²) in [6.45, 7) is 4.78. The van der Waals surface area contributed by atoms with Crippen molar-refractivity contribution < 1.29 is 14.6 Å². The molecule has 0 amide bonds. The number of ether oxygens (including phenoxy) is 2. The first-order valence-corrected chi connectivity index (χ1v) is 14.5. The van der Waals surface area contributed by atoms with Crippen molar-refractivity contribution in [1.29, 1.82) is 0 Å². The zero-order valence-electron chi connectivity index (χ0n) is 22.4. The van der Waals surface area contributed by atoms with E-state index in [1.807, 2.05) is 12.1 Å². The molecular weight excluding hydrogens is 472 g/mol. The summed E-state index contributed by atoms with van der Waals surface area (Å²) in [6, 6.07) is 19.4. The molecule has 3 aliphatic rings. The van der Waals surface area contributed by atoms with Gasteiger partial charge in [-0.3, -0.25) is 4.90 Å². The number of nitrogens with zero attached hydrogens (tertiary/aromatic N) is 1. The van der Waals surface area contributed by atoms with Crippen LogP contribution in [-0.4, -0.2) is 36.4 Å². The Hall–Kier alpha value is -3.18. The lowest BCUT2D eigenvalue weighted by Crippen LogP contribution is -2.23. The summed E-state index contributed by atoms with van der Waals surface area (Å²) < 4.78 is 11.4. The molecule has 200 valence electrons. The molecule has 38 heavy (non-hydrogen) atoms. The highest BCUT2D eigenvalue weighted by Crippen LogP contribution is 2.43. The molecule has 0 bridgehead atoms. The minimum absolute atomic E-state index is 0.290. The number of rotatable bonds is 8. The van der Waals surface area contributed by atoms with Crippen LogP contribution in [0.25, 0.3) is 0 Å². The maximum Gasteiger partial charge on any atom is 0.231 e. The number of hydrogen-bond acceptors (Lipinski definition) is 5. The van der Waals surface area contributed by atoms with Crippen molar-refractivity contribution in [3.63, 3.8) is 0 Å². The minimum Gasteiger partial charge on any atom is -0.508 e. The quantitative estimate of drug-likeness (QED) is 0.325. The Kier molecular flexibility index (Phi) is 7.73. The number of hydrogen-bond donors (Lipinski definition) is 2. The highest BCUT2D eigenvalue weighted by Gasteiger charge is 2.26.